The van der Waals surface area contributed by atoms with Crippen LogP contribution in [0.25, 0.3) is 0 Å². The van der Waals surface area contributed by atoms with Gasteiger partial charge in [-0.3, -0.25) is 14.4 Å². The summed E-state index contributed by atoms with van der Waals surface area (Å²) in [5.74, 6) is -0.528. The van der Waals surface area contributed by atoms with Crippen molar-refractivity contribution in [3.63, 3.8) is 0 Å². The smallest absolute Gasteiger partial charge is 0.252 e. The number of hydrogen-bond donors (Lipinski definition) is 3. The van der Waals surface area contributed by atoms with Gasteiger partial charge in [0.2, 0.25) is 5.91 Å². The van der Waals surface area contributed by atoms with Crippen LogP contribution in [0.1, 0.15) is 40.0 Å². The van der Waals surface area contributed by atoms with Gasteiger partial charge in [-0.2, -0.15) is 11.3 Å². The van der Waals surface area contributed by atoms with E-state index in [1.807, 2.05) is 5.38 Å². The highest BCUT2D eigenvalue weighted by atomic mass is 32.1. The Morgan fingerprint density at radius 2 is 1.92 bits per heavy atom. The third kappa shape index (κ3) is 5.15. The van der Waals surface area contributed by atoms with E-state index in [0.29, 0.717) is 16.8 Å². The molecule has 1 saturated carbocycles. The quantitative estimate of drug-likeness (QED) is 0.711. The molecule has 1 aromatic carbocycles. The van der Waals surface area contributed by atoms with Crippen LogP contribution >= 0.6 is 11.3 Å². The van der Waals surface area contributed by atoms with Gasteiger partial charge in [-0.15, -0.1) is 0 Å². The monoisotopic (exact) mass is 357 g/mol. The average Bonchev–Trinajstić information content (AvgIpc) is 3.24. The molecule has 25 heavy (non-hydrogen) atoms. The van der Waals surface area contributed by atoms with Gasteiger partial charge in [-0.25, -0.2) is 0 Å². The summed E-state index contributed by atoms with van der Waals surface area (Å²) in [6.45, 7) is 0.252. The van der Waals surface area contributed by atoms with Crippen LogP contribution in [0.2, 0.25) is 0 Å². The van der Waals surface area contributed by atoms with Gasteiger partial charge >= 0.3 is 0 Å². The second-order valence-corrected chi connectivity index (χ2v) is 6.67. The largest absolute Gasteiger partial charge is 0.351 e. The molecule has 0 unspecified atom stereocenters. The Hall–Kier alpha value is -2.67. The molecule has 3 rings (SSSR count). The zero-order chi connectivity index (χ0) is 17.6. The maximum absolute atomic E-state index is 12.0. The number of anilines is 1. The first-order valence-corrected chi connectivity index (χ1v) is 9.07. The van der Waals surface area contributed by atoms with Crippen molar-refractivity contribution in [3.05, 3.63) is 52.2 Å². The normalized spacial score (nSPS) is 13.1. The molecular formula is C18H19N3O3S. The first-order chi connectivity index (χ1) is 12.1. The summed E-state index contributed by atoms with van der Waals surface area (Å²) in [6.07, 6.45) is 2.22. The summed E-state index contributed by atoms with van der Waals surface area (Å²) in [7, 11) is 0. The standard InChI is InChI=1S/C18H19N3O3S/c22-16(6-8-19-17(23)13-7-9-25-11-13)20-15-3-1-2-12(10-15)18(24)21-14-4-5-14/h1-3,7,9-11,14H,4-6,8H2,(H,19,23)(H,20,22)(H,21,24). The molecule has 0 bridgehead atoms. The fraction of sp³-hybridized carbons (Fsp3) is 0.278. The van der Waals surface area contributed by atoms with E-state index < -0.39 is 0 Å². The molecule has 1 fully saturated rings. The third-order valence-corrected chi connectivity index (χ3v) is 4.43. The second kappa shape index (κ2) is 7.94. The van der Waals surface area contributed by atoms with E-state index in [4.69, 9.17) is 0 Å². The number of carbonyl (C=O) groups is 3. The summed E-state index contributed by atoms with van der Waals surface area (Å²) in [5.41, 5.74) is 1.69. The van der Waals surface area contributed by atoms with Gasteiger partial charge in [0.05, 0.1) is 0 Å². The molecule has 3 amide bonds. The van der Waals surface area contributed by atoms with Crippen LogP contribution in [0.3, 0.4) is 0 Å². The second-order valence-electron chi connectivity index (χ2n) is 5.89. The Morgan fingerprint density at radius 3 is 2.64 bits per heavy atom. The first kappa shape index (κ1) is 17.2. The topological polar surface area (TPSA) is 87.3 Å². The number of carbonyl (C=O) groups excluding carboxylic acids is 3. The molecule has 0 saturated heterocycles. The van der Waals surface area contributed by atoms with Crippen LogP contribution in [0.15, 0.2) is 41.1 Å². The molecule has 0 aliphatic heterocycles. The molecule has 130 valence electrons. The Labute approximate surface area is 149 Å². The minimum Gasteiger partial charge on any atom is -0.351 e. The number of nitrogens with one attached hydrogen (secondary N) is 3. The molecule has 0 radical (unpaired) electrons. The van der Waals surface area contributed by atoms with Crippen LogP contribution in [0.5, 0.6) is 0 Å². The molecule has 1 aliphatic rings. The fourth-order valence-electron chi connectivity index (χ4n) is 2.24. The zero-order valence-electron chi connectivity index (χ0n) is 13.6. The van der Waals surface area contributed by atoms with E-state index in [0.717, 1.165) is 12.8 Å². The molecular weight excluding hydrogens is 338 g/mol. The molecule has 1 aromatic heterocycles. The van der Waals surface area contributed by atoms with Gasteiger partial charge in [0.15, 0.2) is 0 Å². The molecule has 2 aromatic rings. The SMILES string of the molecule is O=C(CCNC(=O)c1ccsc1)Nc1cccc(C(=O)NC2CC2)c1. The maximum atomic E-state index is 12.0. The van der Waals surface area contributed by atoms with E-state index in [1.165, 1.54) is 11.3 Å². The van der Waals surface area contributed by atoms with Crippen LogP contribution in [-0.2, 0) is 4.79 Å². The van der Waals surface area contributed by atoms with Crippen molar-refractivity contribution < 1.29 is 14.4 Å². The highest BCUT2D eigenvalue weighted by molar-refractivity contribution is 7.08. The molecule has 1 heterocycles. The van der Waals surface area contributed by atoms with Crippen LogP contribution < -0.4 is 16.0 Å². The molecule has 7 heteroatoms. The number of rotatable bonds is 7. The minimum absolute atomic E-state index is 0.123. The summed E-state index contributed by atoms with van der Waals surface area (Å²) in [4.78, 5) is 35.8. The average molecular weight is 357 g/mol. The van der Waals surface area contributed by atoms with E-state index in [-0.39, 0.29) is 36.7 Å². The molecule has 0 atom stereocenters. The van der Waals surface area contributed by atoms with Gasteiger partial charge in [0.1, 0.15) is 0 Å². The van der Waals surface area contributed by atoms with Gasteiger partial charge < -0.3 is 16.0 Å². The van der Waals surface area contributed by atoms with Crippen molar-refractivity contribution in [3.8, 4) is 0 Å². The lowest BCUT2D eigenvalue weighted by molar-refractivity contribution is -0.116. The summed E-state index contributed by atoms with van der Waals surface area (Å²) >= 11 is 1.45. The van der Waals surface area contributed by atoms with Crippen molar-refractivity contribution in [1.82, 2.24) is 10.6 Å². The van der Waals surface area contributed by atoms with Crippen molar-refractivity contribution in [2.24, 2.45) is 0 Å². The Morgan fingerprint density at radius 1 is 1.08 bits per heavy atom. The third-order valence-electron chi connectivity index (χ3n) is 3.74. The van der Waals surface area contributed by atoms with Crippen LogP contribution in [-0.4, -0.2) is 30.3 Å². The maximum Gasteiger partial charge on any atom is 0.252 e. The number of thiophene rings is 1. The van der Waals surface area contributed by atoms with Crippen molar-refractivity contribution >= 4 is 34.7 Å². The zero-order valence-corrected chi connectivity index (χ0v) is 14.4. The van der Waals surface area contributed by atoms with Crippen LogP contribution in [0.4, 0.5) is 5.69 Å². The van der Waals surface area contributed by atoms with Gasteiger partial charge in [0, 0.05) is 41.2 Å². The van der Waals surface area contributed by atoms with Crippen molar-refractivity contribution in [1.29, 1.82) is 0 Å². The highest BCUT2D eigenvalue weighted by Crippen LogP contribution is 2.20. The van der Waals surface area contributed by atoms with E-state index >= 15 is 0 Å². The van der Waals surface area contributed by atoms with E-state index in [1.54, 1.807) is 35.7 Å². The van der Waals surface area contributed by atoms with Gasteiger partial charge in [-0.05, 0) is 42.5 Å². The van der Waals surface area contributed by atoms with E-state index in [9.17, 15) is 14.4 Å². The van der Waals surface area contributed by atoms with Crippen LogP contribution in [0, 0.1) is 0 Å². The van der Waals surface area contributed by atoms with Crippen molar-refractivity contribution in [2.45, 2.75) is 25.3 Å². The van der Waals surface area contributed by atoms with E-state index in [2.05, 4.69) is 16.0 Å². The molecule has 1 aliphatic carbocycles. The highest BCUT2D eigenvalue weighted by Gasteiger charge is 2.23. The lowest BCUT2D eigenvalue weighted by atomic mass is 10.2. The predicted molar refractivity (Wildman–Crippen MR) is 96.8 cm³/mol. The Balaban J connectivity index is 1.45. The first-order valence-electron chi connectivity index (χ1n) is 8.13. The molecule has 0 spiro atoms. The predicted octanol–water partition coefficient (Wildman–Crippen LogP) is 2.40. The summed E-state index contributed by atoms with van der Waals surface area (Å²) in [5, 5.41) is 11.9. The Kier molecular flexibility index (Phi) is 5.45. The molecule has 6 nitrogen and oxygen atoms in total. The number of hydrogen-bond acceptors (Lipinski definition) is 4. The number of amides is 3. The Bertz CT molecular complexity index is 770. The lowest BCUT2D eigenvalue weighted by Gasteiger charge is -2.08. The van der Waals surface area contributed by atoms with Gasteiger partial charge in [-0.1, -0.05) is 6.07 Å². The summed E-state index contributed by atoms with van der Waals surface area (Å²) < 4.78 is 0. The van der Waals surface area contributed by atoms with Crippen molar-refractivity contribution in [2.75, 3.05) is 11.9 Å². The lowest BCUT2D eigenvalue weighted by Crippen LogP contribution is -2.27. The number of benzene rings is 1. The fourth-order valence-corrected chi connectivity index (χ4v) is 2.88. The minimum atomic E-state index is -0.217. The van der Waals surface area contributed by atoms with Gasteiger partial charge in [0.25, 0.3) is 11.8 Å². The summed E-state index contributed by atoms with van der Waals surface area (Å²) in [6, 6.07) is 8.86. The molecule has 3 N–H and O–H groups in total.